The lowest BCUT2D eigenvalue weighted by molar-refractivity contribution is -0.136. The number of esters is 1. The Hall–Kier alpha value is -1.48. The molecule has 1 aromatic rings. The van der Waals surface area contributed by atoms with Crippen molar-refractivity contribution >= 4 is 17.7 Å². The number of carbonyl (C=O) groups excluding carboxylic acids is 1. The minimum Gasteiger partial charge on any atom is -0.466 e. The van der Waals surface area contributed by atoms with Gasteiger partial charge in [0, 0.05) is 16.2 Å². The number of methoxy groups -OCH3 is 1. The van der Waals surface area contributed by atoms with Crippen molar-refractivity contribution in [3.63, 3.8) is 0 Å². The Labute approximate surface area is 112 Å². The van der Waals surface area contributed by atoms with Crippen molar-refractivity contribution in [1.82, 2.24) is 0 Å². The van der Waals surface area contributed by atoms with E-state index in [4.69, 9.17) is 4.74 Å². The molecule has 3 heteroatoms. The largest absolute Gasteiger partial charge is 0.466 e. The average molecular weight is 260 g/mol. The first-order valence-corrected chi connectivity index (χ1v) is 6.66. The molecule has 0 radical (unpaired) electrons. The number of allylic oxidation sites excluding steroid dienone is 2. The van der Waals surface area contributed by atoms with Crippen LogP contribution in [0.1, 0.15) is 20.3 Å². The average Bonchev–Trinajstić information content (AvgIpc) is 2.67. The van der Waals surface area contributed by atoms with Crippen molar-refractivity contribution in [2.75, 3.05) is 7.11 Å². The van der Waals surface area contributed by atoms with Gasteiger partial charge in [-0.3, -0.25) is 0 Å². The number of rotatable bonds is 3. The van der Waals surface area contributed by atoms with E-state index in [0.29, 0.717) is 6.42 Å². The Morgan fingerprint density at radius 2 is 1.89 bits per heavy atom. The third-order valence-corrected chi connectivity index (χ3v) is 4.36. The van der Waals surface area contributed by atoms with E-state index in [1.165, 1.54) is 18.3 Å². The van der Waals surface area contributed by atoms with Gasteiger partial charge in [-0.1, -0.05) is 35.5 Å². The van der Waals surface area contributed by atoms with Crippen molar-refractivity contribution < 1.29 is 9.53 Å². The maximum Gasteiger partial charge on any atom is 0.335 e. The number of ether oxygens (including phenoxy) is 1. The van der Waals surface area contributed by atoms with E-state index in [9.17, 15) is 4.79 Å². The monoisotopic (exact) mass is 260 g/mol. The fraction of sp³-hybridized carbons (Fsp3) is 0.267. The van der Waals surface area contributed by atoms with Crippen molar-refractivity contribution in [2.24, 2.45) is 0 Å². The predicted octanol–water partition coefficient (Wildman–Crippen LogP) is 3.95. The summed E-state index contributed by atoms with van der Waals surface area (Å²) in [6.45, 7) is 4.13. The summed E-state index contributed by atoms with van der Waals surface area (Å²) in [5, 5.41) is 0. The summed E-state index contributed by atoms with van der Waals surface area (Å²) >= 11 is 1.64. The van der Waals surface area contributed by atoms with Gasteiger partial charge in [0.1, 0.15) is 0 Å². The standard InChI is InChI=1S/C15H16O2S/c1-10-9-13(15(16)17-3)14(11(10)2)18-12-7-5-4-6-8-12/h4-8H,9H2,1-3H3. The molecule has 1 aliphatic carbocycles. The molecule has 0 fully saturated rings. The Morgan fingerprint density at radius 1 is 1.22 bits per heavy atom. The van der Waals surface area contributed by atoms with E-state index in [1.54, 1.807) is 11.8 Å². The lowest BCUT2D eigenvalue weighted by Gasteiger charge is -2.07. The number of benzene rings is 1. The van der Waals surface area contributed by atoms with Gasteiger partial charge in [-0.2, -0.15) is 0 Å². The Bertz CT molecular complexity index is 527. The molecule has 0 amide bonds. The molecule has 2 rings (SSSR count). The van der Waals surface area contributed by atoms with Crippen LogP contribution < -0.4 is 0 Å². The SMILES string of the molecule is COC(=O)C1=C(Sc2ccccc2)C(C)=C(C)C1. The second-order valence-electron chi connectivity index (χ2n) is 4.30. The minimum absolute atomic E-state index is 0.218. The molecular weight excluding hydrogens is 244 g/mol. The van der Waals surface area contributed by atoms with Crippen LogP contribution in [-0.4, -0.2) is 13.1 Å². The molecule has 0 bridgehead atoms. The van der Waals surface area contributed by atoms with Crippen LogP contribution in [0.5, 0.6) is 0 Å². The van der Waals surface area contributed by atoms with Crippen LogP contribution in [0, 0.1) is 0 Å². The second-order valence-corrected chi connectivity index (χ2v) is 5.38. The quantitative estimate of drug-likeness (QED) is 0.770. The summed E-state index contributed by atoms with van der Waals surface area (Å²) in [6, 6.07) is 10.1. The van der Waals surface area contributed by atoms with Gasteiger partial charge in [0.25, 0.3) is 0 Å². The molecule has 0 N–H and O–H groups in total. The van der Waals surface area contributed by atoms with Crippen molar-refractivity contribution in [1.29, 1.82) is 0 Å². The van der Waals surface area contributed by atoms with Crippen LogP contribution >= 0.6 is 11.8 Å². The zero-order valence-electron chi connectivity index (χ0n) is 10.8. The first kappa shape index (κ1) is 13.0. The normalized spacial score (nSPS) is 15.3. The Morgan fingerprint density at radius 3 is 2.50 bits per heavy atom. The molecule has 0 aliphatic heterocycles. The maximum atomic E-state index is 11.8. The number of hydrogen-bond acceptors (Lipinski definition) is 3. The highest BCUT2D eigenvalue weighted by molar-refractivity contribution is 8.03. The predicted molar refractivity (Wildman–Crippen MR) is 74.3 cm³/mol. The van der Waals surface area contributed by atoms with Crippen LogP contribution in [0.4, 0.5) is 0 Å². The summed E-state index contributed by atoms with van der Waals surface area (Å²) < 4.78 is 4.86. The first-order valence-electron chi connectivity index (χ1n) is 5.84. The van der Waals surface area contributed by atoms with Crippen LogP contribution in [-0.2, 0) is 9.53 Å². The van der Waals surface area contributed by atoms with Crippen molar-refractivity contribution in [3.8, 4) is 0 Å². The molecular formula is C15H16O2S. The topological polar surface area (TPSA) is 26.3 Å². The van der Waals surface area contributed by atoms with Crippen LogP contribution in [0.25, 0.3) is 0 Å². The molecule has 0 unspecified atom stereocenters. The van der Waals surface area contributed by atoms with Gasteiger partial charge in [-0.25, -0.2) is 4.79 Å². The lowest BCUT2D eigenvalue weighted by atomic mass is 10.1. The highest BCUT2D eigenvalue weighted by Gasteiger charge is 2.25. The Balaban J connectivity index is 2.34. The smallest absolute Gasteiger partial charge is 0.335 e. The highest BCUT2D eigenvalue weighted by Crippen LogP contribution is 2.42. The second kappa shape index (κ2) is 5.44. The van der Waals surface area contributed by atoms with Crippen molar-refractivity contribution in [2.45, 2.75) is 25.2 Å². The number of carbonyl (C=O) groups is 1. The molecule has 0 heterocycles. The number of thioether (sulfide) groups is 1. The van der Waals surface area contributed by atoms with Gasteiger partial charge in [0.15, 0.2) is 0 Å². The molecule has 2 nitrogen and oxygen atoms in total. The zero-order chi connectivity index (χ0) is 13.1. The maximum absolute atomic E-state index is 11.8. The van der Waals surface area contributed by atoms with E-state index in [2.05, 4.69) is 13.8 Å². The van der Waals surface area contributed by atoms with Gasteiger partial charge >= 0.3 is 5.97 Å². The highest BCUT2D eigenvalue weighted by atomic mass is 32.2. The van der Waals surface area contributed by atoms with E-state index in [-0.39, 0.29) is 5.97 Å². The molecule has 1 aromatic carbocycles. The molecule has 0 spiro atoms. The molecule has 0 saturated carbocycles. The summed E-state index contributed by atoms with van der Waals surface area (Å²) in [4.78, 5) is 14.0. The zero-order valence-corrected chi connectivity index (χ0v) is 11.6. The molecule has 94 valence electrons. The van der Waals surface area contributed by atoms with Gasteiger partial charge in [-0.15, -0.1) is 0 Å². The molecule has 0 saturated heterocycles. The molecule has 0 aromatic heterocycles. The fourth-order valence-electron chi connectivity index (χ4n) is 1.93. The summed E-state index contributed by atoms with van der Waals surface area (Å²) in [5.74, 6) is -0.218. The molecule has 0 atom stereocenters. The fourth-order valence-corrected chi connectivity index (χ4v) is 3.07. The van der Waals surface area contributed by atoms with Crippen LogP contribution in [0.3, 0.4) is 0 Å². The van der Waals surface area contributed by atoms with E-state index < -0.39 is 0 Å². The third-order valence-electron chi connectivity index (χ3n) is 3.09. The molecule has 1 aliphatic rings. The third kappa shape index (κ3) is 2.51. The summed E-state index contributed by atoms with van der Waals surface area (Å²) in [5.41, 5.74) is 3.22. The van der Waals surface area contributed by atoms with Crippen molar-refractivity contribution in [3.05, 3.63) is 52.0 Å². The van der Waals surface area contributed by atoms with E-state index in [0.717, 1.165) is 15.4 Å². The summed E-state index contributed by atoms with van der Waals surface area (Å²) in [6.07, 6.45) is 0.702. The van der Waals surface area contributed by atoms with Gasteiger partial charge < -0.3 is 4.74 Å². The first-order chi connectivity index (χ1) is 8.63. The van der Waals surface area contributed by atoms with E-state index in [1.807, 2.05) is 30.3 Å². The lowest BCUT2D eigenvalue weighted by Crippen LogP contribution is -2.04. The van der Waals surface area contributed by atoms with Gasteiger partial charge in [-0.05, 0) is 31.6 Å². The van der Waals surface area contributed by atoms with Gasteiger partial charge in [0.2, 0.25) is 0 Å². The van der Waals surface area contributed by atoms with Gasteiger partial charge in [0.05, 0.1) is 12.7 Å². The molecule has 18 heavy (non-hydrogen) atoms. The van der Waals surface area contributed by atoms with Crippen LogP contribution in [0.2, 0.25) is 0 Å². The Kier molecular flexibility index (Phi) is 3.92. The number of hydrogen-bond donors (Lipinski definition) is 0. The van der Waals surface area contributed by atoms with E-state index >= 15 is 0 Å². The van der Waals surface area contributed by atoms with Crippen LogP contribution in [0.15, 0.2) is 56.9 Å². The summed E-state index contributed by atoms with van der Waals surface area (Å²) in [7, 11) is 1.43. The minimum atomic E-state index is -0.218.